The van der Waals surface area contributed by atoms with Crippen LogP contribution in [0.25, 0.3) is 0 Å². The SMILES string of the molecule is Cc1ccc(Cn2cnc(C(=O)NC3CCn4ccnc4N(C)C3=O)c2)cc1F. The van der Waals surface area contributed by atoms with Crippen molar-refractivity contribution >= 4 is 17.8 Å². The normalized spacial score (nSPS) is 16.4. The van der Waals surface area contributed by atoms with Crippen LogP contribution in [0.15, 0.2) is 43.1 Å². The zero-order valence-corrected chi connectivity index (χ0v) is 16.2. The third-order valence-electron chi connectivity index (χ3n) is 5.05. The minimum Gasteiger partial charge on any atom is -0.339 e. The fourth-order valence-corrected chi connectivity index (χ4v) is 3.37. The maximum atomic E-state index is 13.7. The van der Waals surface area contributed by atoms with Gasteiger partial charge in [0.25, 0.3) is 11.8 Å². The molecule has 1 atom stereocenters. The van der Waals surface area contributed by atoms with Crippen LogP contribution in [0.4, 0.5) is 10.3 Å². The summed E-state index contributed by atoms with van der Waals surface area (Å²) in [6, 6.07) is 4.36. The van der Waals surface area contributed by atoms with E-state index in [1.54, 1.807) is 43.2 Å². The van der Waals surface area contributed by atoms with Crippen molar-refractivity contribution in [1.82, 2.24) is 24.4 Å². The number of hydrogen-bond donors (Lipinski definition) is 1. The highest BCUT2D eigenvalue weighted by atomic mass is 19.1. The second-order valence-electron chi connectivity index (χ2n) is 7.15. The topological polar surface area (TPSA) is 85.1 Å². The molecule has 3 aromatic rings. The summed E-state index contributed by atoms with van der Waals surface area (Å²) >= 11 is 0. The molecule has 0 fully saturated rings. The van der Waals surface area contributed by atoms with Gasteiger partial charge in [0.15, 0.2) is 0 Å². The Bertz CT molecular complexity index is 1070. The Morgan fingerprint density at radius 3 is 2.97 bits per heavy atom. The summed E-state index contributed by atoms with van der Waals surface area (Å²) in [5, 5.41) is 2.77. The van der Waals surface area contributed by atoms with Crippen LogP contribution in [0.2, 0.25) is 0 Å². The molecule has 2 aromatic heterocycles. The molecule has 1 N–H and O–H groups in total. The minimum atomic E-state index is -0.662. The largest absolute Gasteiger partial charge is 0.339 e. The summed E-state index contributed by atoms with van der Waals surface area (Å²) < 4.78 is 17.3. The number of aromatic nitrogens is 4. The Morgan fingerprint density at radius 1 is 1.34 bits per heavy atom. The molecule has 1 unspecified atom stereocenters. The van der Waals surface area contributed by atoms with E-state index in [9.17, 15) is 14.0 Å². The van der Waals surface area contributed by atoms with Crippen molar-refractivity contribution < 1.29 is 14.0 Å². The van der Waals surface area contributed by atoms with Gasteiger partial charge in [0, 0.05) is 38.7 Å². The summed E-state index contributed by atoms with van der Waals surface area (Å²) in [7, 11) is 1.64. The van der Waals surface area contributed by atoms with Crippen LogP contribution in [0.3, 0.4) is 0 Å². The fraction of sp³-hybridized carbons (Fsp3) is 0.300. The lowest BCUT2D eigenvalue weighted by Crippen LogP contribution is -2.47. The van der Waals surface area contributed by atoms with Crippen molar-refractivity contribution in [3.05, 3.63) is 65.8 Å². The first kappa shape index (κ1) is 18.9. The molecule has 3 heterocycles. The molecule has 8 nitrogen and oxygen atoms in total. The molecule has 9 heteroatoms. The second-order valence-corrected chi connectivity index (χ2v) is 7.15. The van der Waals surface area contributed by atoms with E-state index in [2.05, 4.69) is 15.3 Å². The molecule has 0 spiro atoms. The van der Waals surface area contributed by atoms with Crippen LogP contribution in [-0.2, 0) is 17.9 Å². The van der Waals surface area contributed by atoms with Gasteiger partial charge in [-0.15, -0.1) is 0 Å². The number of benzene rings is 1. The zero-order valence-electron chi connectivity index (χ0n) is 16.2. The number of imidazole rings is 2. The molecular formula is C20H21FN6O2. The van der Waals surface area contributed by atoms with Crippen LogP contribution >= 0.6 is 0 Å². The van der Waals surface area contributed by atoms with Gasteiger partial charge in [0.2, 0.25) is 5.95 Å². The number of rotatable bonds is 4. The summed E-state index contributed by atoms with van der Waals surface area (Å²) in [5.74, 6) is -0.360. The first-order valence-corrected chi connectivity index (χ1v) is 9.29. The maximum absolute atomic E-state index is 13.7. The van der Waals surface area contributed by atoms with Gasteiger partial charge in [-0.1, -0.05) is 12.1 Å². The van der Waals surface area contributed by atoms with E-state index >= 15 is 0 Å². The number of carbonyl (C=O) groups is 2. The lowest BCUT2D eigenvalue weighted by atomic mass is 10.1. The van der Waals surface area contributed by atoms with Crippen LogP contribution in [0, 0.1) is 12.7 Å². The van der Waals surface area contributed by atoms with Gasteiger partial charge < -0.3 is 14.5 Å². The number of fused-ring (bicyclic) bond motifs is 1. The first-order chi connectivity index (χ1) is 13.9. The number of amides is 2. The van der Waals surface area contributed by atoms with E-state index in [1.165, 1.54) is 17.3 Å². The highest BCUT2D eigenvalue weighted by Crippen LogP contribution is 2.18. The second kappa shape index (κ2) is 7.50. The molecule has 2 amide bonds. The van der Waals surface area contributed by atoms with Crippen LogP contribution in [0.5, 0.6) is 0 Å². The number of nitrogens with zero attached hydrogens (tertiary/aromatic N) is 5. The standard InChI is InChI=1S/C20H21FN6O2/c1-13-3-4-14(9-15(13)21)10-26-11-17(23-12-26)18(28)24-16-5-7-27-8-6-22-20(27)25(2)19(16)29/h3-4,6,8-9,11-12,16H,5,7,10H2,1-2H3,(H,24,28). The number of carbonyl (C=O) groups excluding carboxylic acids is 2. The van der Waals surface area contributed by atoms with E-state index in [0.29, 0.717) is 31.0 Å². The van der Waals surface area contributed by atoms with Crippen molar-refractivity contribution in [2.45, 2.75) is 32.5 Å². The summed E-state index contributed by atoms with van der Waals surface area (Å²) in [6.45, 7) is 2.67. The Labute approximate surface area is 167 Å². The third kappa shape index (κ3) is 3.75. The molecule has 1 aliphatic rings. The maximum Gasteiger partial charge on any atom is 0.272 e. The van der Waals surface area contributed by atoms with Crippen molar-refractivity contribution in [1.29, 1.82) is 0 Å². The number of anilines is 1. The molecule has 0 saturated carbocycles. The van der Waals surface area contributed by atoms with Gasteiger partial charge in [0.05, 0.1) is 6.33 Å². The Morgan fingerprint density at radius 2 is 2.17 bits per heavy atom. The van der Waals surface area contributed by atoms with Gasteiger partial charge in [-0.25, -0.2) is 14.4 Å². The van der Waals surface area contributed by atoms with Crippen LogP contribution < -0.4 is 10.2 Å². The van der Waals surface area contributed by atoms with Crippen LogP contribution in [0.1, 0.15) is 28.0 Å². The summed E-state index contributed by atoms with van der Waals surface area (Å²) in [6.07, 6.45) is 7.01. The van der Waals surface area contributed by atoms with Crippen molar-refractivity contribution in [3.63, 3.8) is 0 Å². The Kier molecular flexibility index (Phi) is 4.87. The van der Waals surface area contributed by atoms with Gasteiger partial charge in [0.1, 0.15) is 17.6 Å². The van der Waals surface area contributed by atoms with Gasteiger partial charge in [-0.3, -0.25) is 14.5 Å². The molecule has 29 heavy (non-hydrogen) atoms. The minimum absolute atomic E-state index is 0.204. The van der Waals surface area contributed by atoms with Crippen molar-refractivity contribution in [3.8, 4) is 0 Å². The molecule has 150 valence electrons. The smallest absolute Gasteiger partial charge is 0.272 e. The molecule has 0 aliphatic carbocycles. The molecular weight excluding hydrogens is 375 g/mol. The summed E-state index contributed by atoms with van der Waals surface area (Å²) in [5.41, 5.74) is 1.56. The third-order valence-corrected chi connectivity index (χ3v) is 5.05. The average Bonchev–Trinajstić information content (AvgIpc) is 3.34. The highest BCUT2D eigenvalue weighted by Gasteiger charge is 2.30. The molecule has 4 rings (SSSR count). The zero-order chi connectivity index (χ0) is 20.5. The number of likely N-dealkylation sites (N-methyl/N-ethyl adjacent to an activating group) is 1. The molecule has 0 radical (unpaired) electrons. The number of aryl methyl sites for hydroxylation is 2. The van der Waals surface area contributed by atoms with Gasteiger partial charge >= 0.3 is 0 Å². The molecule has 1 aromatic carbocycles. The van der Waals surface area contributed by atoms with E-state index in [4.69, 9.17) is 0 Å². The number of hydrogen-bond acceptors (Lipinski definition) is 4. The van der Waals surface area contributed by atoms with Gasteiger partial charge in [-0.2, -0.15) is 0 Å². The van der Waals surface area contributed by atoms with Crippen molar-refractivity contribution in [2.24, 2.45) is 0 Å². The van der Waals surface area contributed by atoms with E-state index in [-0.39, 0.29) is 17.4 Å². The average molecular weight is 396 g/mol. The lowest BCUT2D eigenvalue weighted by Gasteiger charge is -2.19. The molecule has 0 bridgehead atoms. The fourth-order valence-electron chi connectivity index (χ4n) is 3.37. The molecule has 1 aliphatic heterocycles. The Balaban J connectivity index is 1.43. The van der Waals surface area contributed by atoms with Crippen LogP contribution in [-0.4, -0.2) is 44.0 Å². The lowest BCUT2D eigenvalue weighted by molar-refractivity contribution is -0.120. The summed E-state index contributed by atoms with van der Waals surface area (Å²) in [4.78, 5) is 35.1. The number of nitrogens with one attached hydrogen (secondary N) is 1. The predicted molar refractivity (Wildman–Crippen MR) is 104 cm³/mol. The van der Waals surface area contributed by atoms with E-state index < -0.39 is 11.9 Å². The van der Waals surface area contributed by atoms with Crippen molar-refractivity contribution in [2.75, 3.05) is 11.9 Å². The molecule has 0 saturated heterocycles. The first-order valence-electron chi connectivity index (χ1n) is 9.29. The quantitative estimate of drug-likeness (QED) is 0.728. The number of halogens is 1. The van der Waals surface area contributed by atoms with E-state index in [0.717, 1.165) is 5.56 Å². The van der Waals surface area contributed by atoms with Gasteiger partial charge in [-0.05, 0) is 30.5 Å². The Hall–Kier alpha value is -3.49. The monoisotopic (exact) mass is 396 g/mol. The highest BCUT2D eigenvalue weighted by molar-refractivity contribution is 6.00. The van der Waals surface area contributed by atoms with E-state index in [1.807, 2.05) is 10.6 Å². The predicted octanol–water partition coefficient (Wildman–Crippen LogP) is 1.74.